The lowest BCUT2D eigenvalue weighted by atomic mass is 10.3. The van der Waals surface area contributed by atoms with Crippen LogP contribution in [-0.4, -0.2) is 42.6 Å². The van der Waals surface area contributed by atoms with Gasteiger partial charge in [-0.3, -0.25) is 9.78 Å². The van der Waals surface area contributed by atoms with Crippen LogP contribution in [0.15, 0.2) is 18.3 Å². The first-order valence-electron chi connectivity index (χ1n) is 5.45. The zero-order chi connectivity index (χ0) is 13.4. The number of halogens is 1. The second-order valence-corrected chi connectivity index (χ2v) is 3.99. The number of rotatable bonds is 6. The predicted octanol–water partition coefficient (Wildman–Crippen LogP) is 1.74. The van der Waals surface area contributed by atoms with Crippen molar-refractivity contribution >= 4 is 17.5 Å². The summed E-state index contributed by atoms with van der Waals surface area (Å²) in [5.74, 6) is -0.246. The summed E-state index contributed by atoms with van der Waals surface area (Å²) in [6.45, 7) is 1.19. The van der Waals surface area contributed by atoms with E-state index in [1.165, 1.54) is 17.2 Å². The number of aromatic nitrogens is 1. The van der Waals surface area contributed by atoms with Gasteiger partial charge in [0.25, 0.3) is 5.91 Å². The standard InChI is InChI=1S/C12H14ClN3O2/c1-18-8-7-16(6-2-4-14)12(17)11-9-10(13)3-5-15-11/h3,5,9H,2,6-8H2,1H3. The molecule has 0 spiro atoms. The summed E-state index contributed by atoms with van der Waals surface area (Å²) in [4.78, 5) is 17.7. The molecule has 1 rings (SSSR count). The molecule has 0 aromatic carbocycles. The number of methoxy groups -OCH3 is 1. The maximum atomic E-state index is 12.1. The molecule has 18 heavy (non-hydrogen) atoms. The Morgan fingerprint density at radius 3 is 3.00 bits per heavy atom. The second kappa shape index (κ2) is 7.64. The zero-order valence-corrected chi connectivity index (χ0v) is 10.9. The van der Waals surface area contributed by atoms with E-state index in [-0.39, 0.29) is 18.0 Å². The Kier molecular flexibility index (Phi) is 6.12. The second-order valence-electron chi connectivity index (χ2n) is 3.55. The SMILES string of the molecule is COCCN(CCC#N)C(=O)c1cc(Cl)ccn1. The van der Waals surface area contributed by atoms with Crippen molar-refractivity contribution < 1.29 is 9.53 Å². The minimum absolute atomic E-state index is 0.246. The van der Waals surface area contributed by atoms with Crippen molar-refractivity contribution in [2.75, 3.05) is 26.8 Å². The normalized spacial score (nSPS) is 9.83. The minimum Gasteiger partial charge on any atom is -0.383 e. The molecular weight excluding hydrogens is 254 g/mol. The third-order valence-electron chi connectivity index (χ3n) is 2.29. The van der Waals surface area contributed by atoms with E-state index in [9.17, 15) is 4.79 Å². The molecule has 0 aliphatic heterocycles. The largest absolute Gasteiger partial charge is 0.383 e. The molecule has 0 atom stereocenters. The van der Waals surface area contributed by atoms with Crippen LogP contribution in [0.3, 0.4) is 0 Å². The molecule has 5 nitrogen and oxygen atoms in total. The number of pyridine rings is 1. The monoisotopic (exact) mass is 267 g/mol. The fourth-order valence-corrected chi connectivity index (χ4v) is 1.54. The van der Waals surface area contributed by atoms with E-state index < -0.39 is 0 Å². The Morgan fingerprint density at radius 2 is 2.39 bits per heavy atom. The molecule has 1 heterocycles. The van der Waals surface area contributed by atoms with Crippen molar-refractivity contribution in [3.05, 3.63) is 29.0 Å². The number of hydrogen-bond donors (Lipinski definition) is 0. The lowest BCUT2D eigenvalue weighted by molar-refractivity contribution is 0.0694. The van der Waals surface area contributed by atoms with E-state index in [1.807, 2.05) is 6.07 Å². The highest BCUT2D eigenvalue weighted by atomic mass is 35.5. The third-order valence-corrected chi connectivity index (χ3v) is 2.52. The first-order valence-corrected chi connectivity index (χ1v) is 5.83. The van der Waals surface area contributed by atoms with Gasteiger partial charge in [0, 0.05) is 31.4 Å². The summed E-state index contributed by atoms with van der Waals surface area (Å²) in [5, 5.41) is 9.04. The third kappa shape index (κ3) is 4.32. The van der Waals surface area contributed by atoms with Crippen molar-refractivity contribution in [2.45, 2.75) is 6.42 Å². The van der Waals surface area contributed by atoms with Crippen molar-refractivity contribution in [2.24, 2.45) is 0 Å². The summed E-state index contributed by atoms with van der Waals surface area (Å²) >= 11 is 5.81. The zero-order valence-electron chi connectivity index (χ0n) is 10.1. The number of carbonyl (C=O) groups excluding carboxylic acids is 1. The number of amides is 1. The van der Waals surface area contributed by atoms with Crippen molar-refractivity contribution in [1.29, 1.82) is 5.26 Å². The Balaban J connectivity index is 2.77. The number of nitrogens with zero attached hydrogens (tertiary/aromatic N) is 3. The van der Waals surface area contributed by atoms with Crippen LogP contribution in [0.1, 0.15) is 16.9 Å². The summed E-state index contributed by atoms with van der Waals surface area (Å²) in [6.07, 6.45) is 1.75. The molecular formula is C12H14ClN3O2. The van der Waals surface area contributed by atoms with Gasteiger partial charge in [-0.15, -0.1) is 0 Å². The van der Waals surface area contributed by atoms with Gasteiger partial charge in [0.05, 0.1) is 19.1 Å². The highest BCUT2D eigenvalue weighted by Crippen LogP contribution is 2.10. The van der Waals surface area contributed by atoms with Gasteiger partial charge in [0.1, 0.15) is 5.69 Å². The Labute approximate surface area is 111 Å². The van der Waals surface area contributed by atoms with E-state index in [0.29, 0.717) is 24.7 Å². The van der Waals surface area contributed by atoms with Gasteiger partial charge < -0.3 is 9.64 Å². The van der Waals surface area contributed by atoms with Gasteiger partial charge in [-0.25, -0.2) is 0 Å². The maximum absolute atomic E-state index is 12.1. The van der Waals surface area contributed by atoms with E-state index in [4.69, 9.17) is 21.6 Å². The molecule has 0 aliphatic carbocycles. The molecule has 0 fully saturated rings. The van der Waals surface area contributed by atoms with E-state index >= 15 is 0 Å². The van der Waals surface area contributed by atoms with Crippen LogP contribution in [0.2, 0.25) is 5.02 Å². The van der Waals surface area contributed by atoms with Crippen LogP contribution >= 0.6 is 11.6 Å². The van der Waals surface area contributed by atoms with Gasteiger partial charge in [0.15, 0.2) is 0 Å². The molecule has 0 saturated carbocycles. The summed E-state index contributed by atoms with van der Waals surface area (Å²) in [6, 6.07) is 5.13. The number of ether oxygens (including phenoxy) is 1. The maximum Gasteiger partial charge on any atom is 0.272 e. The number of carbonyl (C=O) groups is 1. The van der Waals surface area contributed by atoms with Crippen LogP contribution in [0.5, 0.6) is 0 Å². The van der Waals surface area contributed by atoms with E-state index in [1.54, 1.807) is 13.2 Å². The van der Waals surface area contributed by atoms with Crippen LogP contribution < -0.4 is 0 Å². The minimum atomic E-state index is -0.246. The Hall–Kier alpha value is -1.64. The lowest BCUT2D eigenvalue weighted by Gasteiger charge is -2.20. The molecule has 96 valence electrons. The molecule has 0 radical (unpaired) electrons. The average Bonchev–Trinajstić information content (AvgIpc) is 2.38. The molecule has 0 saturated heterocycles. The molecule has 0 unspecified atom stereocenters. The first-order chi connectivity index (χ1) is 8.69. The fraction of sp³-hybridized carbons (Fsp3) is 0.417. The molecule has 0 aliphatic rings. The molecule has 1 amide bonds. The van der Waals surface area contributed by atoms with Crippen LogP contribution in [-0.2, 0) is 4.74 Å². The van der Waals surface area contributed by atoms with Crippen LogP contribution in [0.25, 0.3) is 0 Å². The molecule has 0 N–H and O–H groups in total. The van der Waals surface area contributed by atoms with Gasteiger partial charge in [-0.2, -0.15) is 5.26 Å². The summed E-state index contributed by atoms with van der Waals surface area (Å²) < 4.78 is 4.94. The number of nitriles is 1. The summed E-state index contributed by atoms with van der Waals surface area (Å²) in [7, 11) is 1.56. The Morgan fingerprint density at radius 1 is 1.61 bits per heavy atom. The van der Waals surface area contributed by atoms with E-state index in [2.05, 4.69) is 4.98 Å². The molecule has 0 bridgehead atoms. The quantitative estimate of drug-likeness (QED) is 0.787. The molecule has 6 heteroatoms. The highest BCUT2D eigenvalue weighted by molar-refractivity contribution is 6.30. The van der Waals surface area contributed by atoms with Crippen LogP contribution in [0.4, 0.5) is 0 Å². The average molecular weight is 268 g/mol. The summed E-state index contributed by atoms with van der Waals surface area (Å²) in [5.41, 5.74) is 0.275. The predicted molar refractivity (Wildman–Crippen MR) is 67.3 cm³/mol. The van der Waals surface area contributed by atoms with Gasteiger partial charge in [0.2, 0.25) is 0 Å². The molecule has 1 aromatic rings. The van der Waals surface area contributed by atoms with Crippen molar-refractivity contribution in [3.63, 3.8) is 0 Å². The number of hydrogen-bond acceptors (Lipinski definition) is 4. The van der Waals surface area contributed by atoms with Gasteiger partial charge >= 0.3 is 0 Å². The fourth-order valence-electron chi connectivity index (χ4n) is 1.39. The lowest BCUT2D eigenvalue weighted by Crippen LogP contribution is -2.35. The topological polar surface area (TPSA) is 66.2 Å². The Bertz CT molecular complexity index is 445. The van der Waals surface area contributed by atoms with Gasteiger partial charge in [-0.1, -0.05) is 11.6 Å². The van der Waals surface area contributed by atoms with Crippen molar-refractivity contribution in [3.8, 4) is 6.07 Å². The highest BCUT2D eigenvalue weighted by Gasteiger charge is 2.16. The smallest absolute Gasteiger partial charge is 0.272 e. The van der Waals surface area contributed by atoms with Crippen molar-refractivity contribution in [1.82, 2.24) is 9.88 Å². The van der Waals surface area contributed by atoms with Gasteiger partial charge in [-0.05, 0) is 12.1 Å². The van der Waals surface area contributed by atoms with E-state index in [0.717, 1.165) is 0 Å². The first kappa shape index (κ1) is 14.4. The van der Waals surface area contributed by atoms with Crippen LogP contribution in [0, 0.1) is 11.3 Å². The molecule has 1 aromatic heterocycles.